The Morgan fingerprint density at radius 2 is 1.70 bits per heavy atom. The van der Waals surface area contributed by atoms with Crippen LogP contribution in [-0.2, 0) is 6.54 Å². The molecular formula is C24H23N2O+. The van der Waals surface area contributed by atoms with Gasteiger partial charge in [0.2, 0.25) is 5.58 Å². The Morgan fingerprint density at radius 1 is 0.926 bits per heavy atom. The zero-order chi connectivity index (χ0) is 18.6. The standard InChI is InChI=1S/C24H22N2O/c1-3-26-22-17-20(19-7-5-4-6-8-19)11-14-23(22)27-24(26)15-16-25-21-12-9-18(2)10-13-21/h4-17H,3H2,1-2H3/p+1. The van der Waals surface area contributed by atoms with Crippen molar-refractivity contribution in [2.24, 2.45) is 0 Å². The SMILES string of the molecule is CC[n+]1c(/C=C/Nc2ccc(C)cc2)oc2ccc(-c3ccccc3)cc21. The number of fused-ring (bicyclic) bond motifs is 1. The number of benzene rings is 3. The molecule has 4 rings (SSSR count). The monoisotopic (exact) mass is 355 g/mol. The van der Waals surface area contributed by atoms with Gasteiger partial charge < -0.3 is 9.73 Å². The molecular weight excluding hydrogens is 332 g/mol. The summed E-state index contributed by atoms with van der Waals surface area (Å²) in [6.45, 7) is 5.06. The Hall–Kier alpha value is -3.33. The van der Waals surface area contributed by atoms with Crippen LogP contribution in [0.4, 0.5) is 5.69 Å². The van der Waals surface area contributed by atoms with Gasteiger partial charge in [0.15, 0.2) is 0 Å². The minimum Gasteiger partial charge on any atom is -0.398 e. The van der Waals surface area contributed by atoms with E-state index in [0.717, 1.165) is 29.2 Å². The highest BCUT2D eigenvalue weighted by atomic mass is 16.3. The van der Waals surface area contributed by atoms with Crippen LogP contribution < -0.4 is 9.88 Å². The van der Waals surface area contributed by atoms with Crippen molar-refractivity contribution in [1.82, 2.24) is 0 Å². The zero-order valence-electron chi connectivity index (χ0n) is 15.6. The summed E-state index contributed by atoms with van der Waals surface area (Å²) in [7, 11) is 0. The van der Waals surface area contributed by atoms with Crippen LogP contribution >= 0.6 is 0 Å². The van der Waals surface area contributed by atoms with Gasteiger partial charge in [-0.05, 0) is 43.2 Å². The van der Waals surface area contributed by atoms with Gasteiger partial charge in [0.1, 0.15) is 6.54 Å². The fraction of sp³-hybridized carbons (Fsp3) is 0.125. The highest BCUT2D eigenvalue weighted by Crippen LogP contribution is 2.24. The topological polar surface area (TPSA) is 29.1 Å². The molecule has 0 spiro atoms. The van der Waals surface area contributed by atoms with Crippen LogP contribution in [0.3, 0.4) is 0 Å². The highest BCUT2D eigenvalue weighted by Gasteiger charge is 2.19. The number of hydrogen-bond acceptors (Lipinski definition) is 2. The van der Waals surface area contributed by atoms with Crippen LogP contribution in [0.15, 0.2) is 83.4 Å². The van der Waals surface area contributed by atoms with E-state index in [2.05, 4.69) is 90.5 Å². The molecule has 27 heavy (non-hydrogen) atoms. The summed E-state index contributed by atoms with van der Waals surface area (Å²) in [6, 6.07) is 25.1. The van der Waals surface area contributed by atoms with E-state index in [1.54, 1.807) is 0 Å². The van der Waals surface area contributed by atoms with Crippen molar-refractivity contribution in [2.75, 3.05) is 5.32 Å². The van der Waals surface area contributed by atoms with Crippen molar-refractivity contribution in [3.8, 4) is 11.1 Å². The van der Waals surface area contributed by atoms with Crippen molar-refractivity contribution >= 4 is 22.9 Å². The smallest absolute Gasteiger partial charge is 0.375 e. The van der Waals surface area contributed by atoms with E-state index < -0.39 is 0 Å². The Labute approximate surface area is 159 Å². The molecule has 0 amide bonds. The lowest BCUT2D eigenvalue weighted by atomic mass is 10.1. The molecule has 0 aliphatic rings. The third kappa shape index (κ3) is 3.63. The lowest BCUT2D eigenvalue weighted by Crippen LogP contribution is -2.33. The average molecular weight is 355 g/mol. The number of nitrogens with one attached hydrogen (secondary N) is 1. The van der Waals surface area contributed by atoms with E-state index in [4.69, 9.17) is 4.42 Å². The van der Waals surface area contributed by atoms with E-state index >= 15 is 0 Å². The summed E-state index contributed by atoms with van der Waals surface area (Å²) in [5, 5.41) is 3.30. The number of anilines is 1. The van der Waals surface area contributed by atoms with Gasteiger partial charge in [-0.3, -0.25) is 0 Å². The van der Waals surface area contributed by atoms with Gasteiger partial charge in [0.05, 0.1) is 6.08 Å². The van der Waals surface area contributed by atoms with Crippen LogP contribution in [0.5, 0.6) is 0 Å². The largest absolute Gasteiger partial charge is 0.398 e. The lowest BCUT2D eigenvalue weighted by Gasteiger charge is -2.00. The van der Waals surface area contributed by atoms with Crippen LogP contribution in [-0.4, -0.2) is 0 Å². The summed E-state index contributed by atoms with van der Waals surface area (Å²) in [6.07, 6.45) is 3.90. The first kappa shape index (κ1) is 17.1. The zero-order valence-corrected chi connectivity index (χ0v) is 15.6. The average Bonchev–Trinajstić information content (AvgIpc) is 3.06. The van der Waals surface area contributed by atoms with Crippen molar-refractivity contribution in [1.29, 1.82) is 0 Å². The number of nitrogens with zero attached hydrogens (tertiary/aromatic N) is 1. The second kappa shape index (κ2) is 7.50. The minimum atomic E-state index is 0.831. The summed E-state index contributed by atoms with van der Waals surface area (Å²) in [5.41, 5.74) is 6.71. The maximum absolute atomic E-state index is 6.07. The van der Waals surface area contributed by atoms with Gasteiger partial charge in [-0.15, -0.1) is 0 Å². The first-order valence-corrected chi connectivity index (χ1v) is 9.26. The molecule has 3 nitrogen and oxygen atoms in total. The Morgan fingerprint density at radius 3 is 2.44 bits per heavy atom. The predicted octanol–water partition coefficient (Wildman–Crippen LogP) is 5.80. The van der Waals surface area contributed by atoms with E-state index in [0.29, 0.717) is 0 Å². The fourth-order valence-corrected chi connectivity index (χ4v) is 3.22. The lowest BCUT2D eigenvalue weighted by molar-refractivity contribution is -0.674. The molecule has 3 heteroatoms. The quantitative estimate of drug-likeness (QED) is 0.459. The molecule has 0 bridgehead atoms. The fourth-order valence-electron chi connectivity index (χ4n) is 3.22. The van der Waals surface area contributed by atoms with E-state index in [1.807, 2.05) is 18.3 Å². The maximum Gasteiger partial charge on any atom is 0.375 e. The first-order chi connectivity index (χ1) is 13.2. The Kier molecular flexibility index (Phi) is 4.75. The molecule has 0 fully saturated rings. The predicted molar refractivity (Wildman–Crippen MR) is 111 cm³/mol. The van der Waals surface area contributed by atoms with Gasteiger partial charge >= 0.3 is 5.89 Å². The van der Waals surface area contributed by atoms with Gasteiger partial charge in [-0.2, -0.15) is 4.57 Å². The van der Waals surface area contributed by atoms with Gasteiger partial charge in [-0.25, -0.2) is 0 Å². The molecule has 0 radical (unpaired) electrons. The summed E-state index contributed by atoms with van der Waals surface area (Å²) < 4.78 is 8.26. The first-order valence-electron chi connectivity index (χ1n) is 9.26. The molecule has 4 aromatic rings. The second-order valence-electron chi connectivity index (χ2n) is 6.58. The molecule has 0 aliphatic heterocycles. The molecule has 1 heterocycles. The number of oxazole rings is 1. The molecule has 0 saturated carbocycles. The van der Waals surface area contributed by atoms with Crippen molar-refractivity contribution in [2.45, 2.75) is 20.4 Å². The van der Waals surface area contributed by atoms with Gasteiger partial charge in [0.25, 0.3) is 5.52 Å². The number of aryl methyl sites for hydroxylation is 2. The molecule has 0 atom stereocenters. The summed E-state index contributed by atoms with van der Waals surface area (Å²) in [5.74, 6) is 0.831. The number of rotatable bonds is 5. The Bertz CT molecular complexity index is 1080. The normalized spacial score (nSPS) is 11.3. The van der Waals surface area contributed by atoms with Crippen molar-refractivity contribution in [3.05, 3.63) is 90.5 Å². The Balaban J connectivity index is 1.65. The molecule has 134 valence electrons. The van der Waals surface area contributed by atoms with Crippen LogP contribution in [0.2, 0.25) is 0 Å². The molecule has 1 N–H and O–H groups in total. The van der Waals surface area contributed by atoms with Gasteiger partial charge in [-0.1, -0.05) is 54.1 Å². The van der Waals surface area contributed by atoms with Crippen molar-refractivity contribution in [3.63, 3.8) is 0 Å². The van der Waals surface area contributed by atoms with E-state index in [-0.39, 0.29) is 0 Å². The van der Waals surface area contributed by atoms with Crippen LogP contribution in [0, 0.1) is 6.92 Å². The summed E-state index contributed by atoms with van der Waals surface area (Å²) >= 11 is 0. The van der Waals surface area contributed by atoms with Crippen LogP contribution in [0.25, 0.3) is 28.3 Å². The molecule has 0 unspecified atom stereocenters. The highest BCUT2D eigenvalue weighted by molar-refractivity contribution is 5.78. The molecule has 1 aromatic heterocycles. The van der Waals surface area contributed by atoms with Crippen molar-refractivity contribution < 1.29 is 8.98 Å². The second-order valence-corrected chi connectivity index (χ2v) is 6.58. The van der Waals surface area contributed by atoms with E-state index in [1.165, 1.54) is 16.7 Å². The maximum atomic E-state index is 6.07. The molecule has 0 aliphatic carbocycles. The molecule has 3 aromatic carbocycles. The minimum absolute atomic E-state index is 0.831. The third-order valence-corrected chi connectivity index (χ3v) is 4.68. The van der Waals surface area contributed by atoms with Crippen LogP contribution in [0.1, 0.15) is 18.4 Å². The van der Waals surface area contributed by atoms with Gasteiger partial charge in [0, 0.05) is 18.0 Å². The van der Waals surface area contributed by atoms with E-state index in [9.17, 15) is 0 Å². The number of aromatic nitrogens is 1. The summed E-state index contributed by atoms with van der Waals surface area (Å²) in [4.78, 5) is 0. The molecule has 0 saturated heterocycles. The third-order valence-electron chi connectivity index (χ3n) is 4.68. The number of hydrogen-bond donors (Lipinski definition) is 1.